The van der Waals surface area contributed by atoms with E-state index in [2.05, 4.69) is 15.5 Å². The van der Waals surface area contributed by atoms with Gasteiger partial charge in [-0.2, -0.15) is 13.2 Å². The smallest absolute Gasteiger partial charge is 0.385 e. The molecule has 0 aliphatic carbocycles. The van der Waals surface area contributed by atoms with Gasteiger partial charge in [-0.3, -0.25) is 4.79 Å². The summed E-state index contributed by atoms with van der Waals surface area (Å²) >= 11 is 6.14. The number of rotatable bonds is 6. The van der Waals surface area contributed by atoms with Crippen molar-refractivity contribution in [3.05, 3.63) is 16.8 Å². The van der Waals surface area contributed by atoms with Crippen molar-refractivity contribution >= 4 is 29.4 Å². The van der Waals surface area contributed by atoms with Crippen molar-refractivity contribution in [3.8, 4) is 0 Å². The molecule has 1 aliphatic rings. The van der Waals surface area contributed by atoms with Gasteiger partial charge in [0.1, 0.15) is 6.04 Å². The number of hydrogen-bond donors (Lipinski definition) is 2. The summed E-state index contributed by atoms with van der Waals surface area (Å²) in [4.78, 5) is 25.5. The van der Waals surface area contributed by atoms with Crippen LogP contribution in [0.2, 0.25) is 5.15 Å². The van der Waals surface area contributed by atoms with Crippen LogP contribution in [0.15, 0.2) is 6.07 Å². The molecule has 29 heavy (non-hydrogen) atoms. The van der Waals surface area contributed by atoms with Gasteiger partial charge in [0.05, 0.1) is 12.6 Å². The molecule has 12 heteroatoms. The molecule has 8 nitrogen and oxygen atoms in total. The van der Waals surface area contributed by atoms with Crippen LogP contribution in [0.25, 0.3) is 0 Å². The lowest BCUT2D eigenvalue weighted by Gasteiger charge is -2.28. The fourth-order valence-corrected chi connectivity index (χ4v) is 2.93. The summed E-state index contributed by atoms with van der Waals surface area (Å²) in [5.41, 5.74) is -0.438. The number of urea groups is 1. The number of nitrogens with zero attached hydrogens (tertiary/aromatic N) is 3. The van der Waals surface area contributed by atoms with Gasteiger partial charge >= 0.3 is 12.2 Å². The Morgan fingerprint density at radius 2 is 2.07 bits per heavy atom. The molecule has 2 rings (SSSR count). The number of hydrogen-bond acceptors (Lipinski definition) is 5. The first-order valence-corrected chi connectivity index (χ1v) is 9.19. The molecule has 0 unspecified atom stereocenters. The number of halogens is 4. The second-order valence-electron chi connectivity index (χ2n) is 7.67. The summed E-state index contributed by atoms with van der Waals surface area (Å²) in [6.45, 7) is 4.70. The monoisotopic (exact) mass is 437 g/mol. The number of carbonyl (C=O) groups excluding carboxylic acids is 2. The maximum atomic E-state index is 13.1. The minimum absolute atomic E-state index is 0.0804. The highest BCUT2D eigenvalue weighted by molar-refractivity contribution is 6.30. The van der Waals surface area contributed by atoms with Crippen LogP contribution in [0.1, 0.15) is 38.8 Å². The molecule has 1 aromatic rings. The summed E-state index contributed by atoms with van der Waals surface area (Å²) in [7, 11) is 1.43. The summed E-state index contributed by atoms with van der Waals surface area (Å²) in [6, 6.07) is -2.31. The van der Waals surface area contributed by atoms with E-state index >= 15 is 0 Å². The zero-order valence-corrected chi connectivity index (χ0v) is 17.2. The quantitative estimate of drug-likeness (QED) is 0.712. The lowest BCUT2D eigenvalue weighted by atomic mass is 9.96. The Kier molecular flexibility index (Phi) is 6.94. The van der Waals surface area contributed by atoms with Crippen molar-refractivity contribution in [1.29, 1.82) is 0 Å². The Balaban J connectivity index is 2.36. The number of ether oxygens (including phenoxy) is 1. The Labute approximate surface area is 171 Å². The van der Waals surface area contributed by atoms with Crippen LogP contribution in [0.3, 0.4) is 0 Å². The zero-order valence-electron chi connectivity index (χ0n) is 16.4. The molecule has 2 atom stereocenters. The molecule has 162 valence electrons. The van der Waals surface area contributed by atoms with Crippen molar-refractivity contribution in [1.82, 2.24) is 20.4 Å². The van der Waals surface area contributed by atoms with E-state index in [9.17, 15) is 22.8 Å². The summed E-state index contributed by atoms with van der Waals surface area (Å²) in [5, 5.41) is 12.0. The third-order valence-corrected chi connectivity index (χ3v) is 4.66. The standard InChI is InChI=1S/C17H23ClF3N5O3/c1-16(2,3)14(27)23-12-7-9(13(18)25-24-12)10(5-6-29-4)26-8-11(17(19,20)21)22-15(26)28/h7,10-11H,5-6,8H2,1-4H3,(H,22,28)(H,23,24,27)/t10-,11+/m1/s1. The molecule has 0 radical (unpaired) electrons. The van der Waals surface area contributed by atoms with Crippen molar-refractivity contribution < 1.29 is 27.5 Å². The van der Waals surface area contributed by atoms with E-state index in [1.807, 2.05) is 5.32 Å². The minimum Gasteiger partial charge on any atom is -0.385 e. The van der Waals surface area contributed by atoms with Gasteiger partial charge in [-0.15, -0.1) is 10.2 Å². The summed E-state index contributed by atoms with van der Waals surface area (Å²) < 4.78 is 44.2. The van der Waals surface area contributed by atoms with E-state index in [0.717, 1.165) is 4.90 Å². The molecule has 1 fully saturated rings. The van der Waals surface area contributed by atoms with Crippen LogP contribution in [0, 0.1) is 5.41 Å². The zero-order chi connectivity index (χ0) is 22.0. The van der Waals surface area contributed by atoms with E-state index in [-0.39, 0.29) is 35.5 Å². The van der Waals surface area contributed by atoms with Crippen LogP contribution in [-0.2, 0) is 9.53 Å². The van der Waals surface area contributed by atoms with Crippen LogP contribution >= 0.6 is 11.6 Å². The Morgan fingerprint density at radius 3 is 2.59 bits per heavy atom. The molecule has 3 amide bonds. The van der Waals surface area contributed by atoms with E-state index in [1.165, 1.54) is 13.2 Å². The highest BCUT2D eigenvalue weighted by Gasteiger charge is 2.48. The van der Waals surface area contributed by atoms with Crippen LogP contribution in [-0.4, -0.2) is 59.5 Å². The molecule has 0 saturated carbocycles. The fourth-order valence-electron chi connectivity index (χ4n) is 2.71. The SMILES string of the molecule is COCC[C@H](c1cc(NC(=O)C(C)(C)C)nnc1Cl)N1C[C@@H](C(F)(F)F)NC1=O. The molecular weight excluding hydrogens is 415 g/mol. The van der Waals surface area contributed by atoms with Crippen molar-refractivity contribution in [2.75, 3.05) is 25.6 Å². The summed E-state index contributed by atoms with van der Waals surface area (Å²) in [5.74, 6) is -0.247. The summed E-state index contributed by atoms with van der Waals surface area (Å²) in [6.07, 6.45) is -4.41. The second-order valence-corrected chi connectivity index (χ2v) is 8.03. The van der Waals surface area contributed by atoms with Gasteiger partial charge in [0.15, 0.2) is 11.0 Å². The van der Waals surface area contributed by atoms with Gasteiger partial charge in [0.2, 0.25) is 5.91 Å². The van der Waals surface area contributed by atoms with Gasteiger partial charge in [-0.1, -0.05) is 32.4 Å². The highest BCUT2D eigenvalue weighted by atomic mass is 35.5. The molecule has 0 spiro atoms. The number of methoxy groups -OCH3 is 1. The van der Waals surface area contributed by atoms with E-state index in [0.29, 0.717) is 0 Å². The highest BCUT2D eigenvalue weighted by Crippen LogP contribution is 2.35. The van der Waals surface area contributed by atoms with Gasteiger partial charge in [0.25, 0.3) is 0 Å². The second kappa shape index (κ2) is 8.70. The first-order valence-electron chi connectivity index (χ1n) is 8.82. The molecule has 2 N–H and O–H groups in total. The van der Waals surface area contributed by atoms with Crippen molar-refractivity contribution in [3.63, 3.8) is 0 Å². The largest absolute Gasteiger partial charge is 0.410 e. The normalized spacial score (nSPS) is 18.6. The minimum atomic E-state index is -4.58. The third kappa shape index (κ3) is 5.69. The van der Waals surface area contributed by atoms with Crippen molar-refractivity contribution in [2.24, 2.45) is 5.41 Å². The van der Waals surface area contributed by atoms with Crippen molar-refractivity contribution in [2.45, 2.75) is 45.5 Å². The molecule has 1 aliphatic heterocycles. The predicted octanol–water partition coefficient (Wildman–Crippen LogP) is 3.15. The number of alkyl halides is 3. The Morgan fingerprint density at radius 1 is 1.41 bits per heavy atom. The number of aromatic nitrogens is 2. The maximum Gasteiger partial charge on any atom is 0.410 e. The Bertz CT molecular complexity index is 770. The lowest BCUT2D eigenvalue weighted by molar-refractivity contribution is -0.150. The predicted molar refractivity (Wildman–Crippen MR) is 99.4 cm³/mol. The van der Waals surface area contributed by atoms with E-state index < -0.39 is 36.3 Å². The fraction of sp³-hybridized carbons (Fsp3) is 0.647. The average molecular weight is 438 g/mol. The number of amides is 3. The molecule has 0 aromatic carbocycles. The first-order chi connectivity index (χ1) is 13.3. The van der Waals surface area contributed by atoms with Gasteiger partial charge in [-0.05, 0) is 12.5 Å². The Hall–Kier alpha value is -2.14. The first kappa shape index (κ1) is 23.1. The number of carbonyl (C=O) groups is 2. The number of anilines is 1. The van der Waals surface area contributed by atoms with E-state index in [1.54, 1.807) is 20.8 Å². The van der Waals surface area contributed by atoms with E-state index in [4.69, 9.17) is 16.3 Å². The van der Waals surface area contributed by atoms with Gasteiger partial charge in [0, 0.05) is 24.7 Å². The molecule has 1 aromatic heterocycles. The molecular formula is C17H23ClF3N5O3. The van der Waals surface area contributed by atoms with Crippen LogP contribution < -0.4 is 10.6 Å². The average Bonchev–Trinajstić information content (AvgIpc) is 2.99. The molecule has 0 bridgehead atoms. The van der Waals surface area contributed by atoms with Gasteiger partial charge < -0.3 is 20.3 Å². The maximum absolute atomic E-state index is 13.1. The lowest BCUT2D eigenvalue weighted by Crippen LogP contribution is -2.40. The molecule has 2 heterocycles. The third-order valence-electron chi connectivity index (χ3n) is 4.36. The van der Waals surface area contributed by atoms with Crippen LogP contribution in [0.5, 0.6) is 0 Å². The molecule has 1 saturated heterocycles. The number of nitrogens with one attached hydrogen (secondary N) is 2. The topological polar surface area (TPSA) is 96.4 Å². The van der Waals surface area contributed by atoms with Crippen LogP contribution in [0.4, 0.5) is 23.8 Å². The van der Waals surface area contributed by atoms with Gasteiger partial charge in [-0.25, -0.2) is 4.79 Å².